The molecule has 3 rings (SSSR count). The van der Waals surface area contributed by atoms with E-state index in [-0.39, 0.29) is 23.8 Å². The lowest BCUT2D eigenvalue weighted by molar-refractivity contribution is -0.126. The number of benzene rings is 1. The van der Waals surface area contributed by atoms with E-state index in [1.807, 2.05) is 14.1 Å². The standard InChI is InChI=1S/C22H28ClN3O3S/c1-25(2)19(16-8-11-30-14-16)13-24-21(27)15-6-9-26(10-7-15)22(28)18-12-17(23)4-5-20(18)29-3/h4-5,8,11-12,14-15,19H,6-7,9-10,13H2,1-3H3,(H,24,27). The zero-order valence-electron chi connectivity index (χ0n) is 17.6. The number of carbonyl (C=O) groups excluding carboxylic acids is 2. The first-order valence-corrected chi connectivity index (χ1v) is 11.3. The Kier molecular flexibility index (Phi) is 7.75. The van der Waals surface area contributed by atoms with Crippen molar-refractivity contribution in [2.45, 2.75) is 18.9 Å². The van der Waals surface area contributed by atoms with Crippen LogP contribution in [-0.4, -0.2) is 62.5 Å². The fraction of sp³-hybridized carbons (Fsp3) is 0.455. The van der Waals surface area contributed by atoms with Gasteiger partial charge in [0, 0.05) is 30.6 Å². The molecule has 30 heavy (non-hydrogen) atoms. The quantitative estimate of drug-likeness (QED) is 0.700. The number of halogens is 1. The van der Waals surface area contributed by atoms with Gasteiger partial charge in [-0.3, -0.25) is 9.59 Å². The minimum absolute atomic E-state index is 0.0597. The fourth-order valence-corrected chi connectivity index (χ4v) is 4.65. The fourth-order valence-electron chi connectivity index (χ4n) is 3.77. The lowest BCUT2D eigenvalue weighted by Gasteiger charge is -2.32. The maximum atomic E-state index is 12.9. The second-order valence-corrected chi connectivity index (χ2v) is 8.91. The Hall–Kier alpha value is -2.09. The summed E-state index contributed by atoms with van der Waals surface area (Å²) in [6.45, 7) is 1.64. The van der Waals surface area contributed by atoms with Gasteiger partial charge in [-0.05, 0) is 67.5 Å². The molecule has 1 unspecified atom stereocenters. The first-order chi connectivity index (χ1) is 14.4. The normalized spacial score (nSPS) is 15.8. The minimum atomic E-state index is -0.113. The summed E-state index contributed by atoms with van der Waals surface area (Å²) in [5.74, 6) is 0.371. The van der Waals surface area contributed by atoms with Gasteiger partial charge in [0.1, 0.15) is 5.75 Å². The Bertz CT molecular complexity index is 865. The van der Waals surface area contributed by atoms with E-state index in [0.717, 1.165) is 0 Å². The number of hydrogen-bond acceptors (Lipinski definition) is 5. The number of rotatable bonds is 7. The van der Waals surface area contributed by atoms with Gasteiger partial charge in [0.25, 0.3) is 5.91 Å². The number of ether oxygens (including phenoxy) is 1. The number of carbonyl (C=O) groups is 2. The molecule has 1 N–H and O–H groups in total. The molecule has 1 atom stereocenters. The highest BCUT2D eigenvalue weighted by atomic mass is 35.5. The first-order valence-electron chi connectivity index (χ1n) is 9.99. The Morgan fingerprint density at radius 2 is 2.03 bits per heavy atom. The number of likely N-dealkylation sites (N-methyl/N-ethyl adjacent to an activating group) is 1. The van der Waals surface area contributed by atoms with Crippen molar-refractivity contribution < 1.29 is 14.3 Å². The van der Waals surface area contributed by atoms with Crippen molar-refractivity contribution in [3.63, 3.8) is 0 Å². The predicted molar refractivity (Wildman–Crippen MR) is 120 cm³/mol. The average Bonchev–Trinajstić information content (AvgIpc) is 3.27. The van der Waals surface area contributed by atoms with E-state index >= 15 is 0 Å². The molecule has 162 valence electrons. The van der Waals surface area contributed by atoms with Crippen LogP contribution in [0, 0.1) is 5.92 Å². The topological polar surface area (TPSA) is 61.9 Å². The van der Waals surface area contributed by atoms with Crippen molar-refractivity contribution in [3.05, 3.63) is 51.2 Å². The van der Waals surface area contributed by atoms with Gasteiger partial charge in [-0.1, -0.05) is 11.6 Å². The molecule has 0 bridgehead atoms. The lowest BCUT2D eigenvalue weighted by Crippen LogP contribution is -2.44. The van der Waals surface area contributed by atoms with Gasteiger partial charge in [0.2, 0.25) is 5.91 Å². The zero-order chi connectivity index (χ0) is 21.7. The van der Waals surface area contributed by atoms with E-state index < -0.39 is 0 Å². The van der Waals surface area contributed by atoms with E-state index in [1.165, 1.54) is 12.7 Å². The Morgan fingerprint density at radius 1 is 1.30 bits per heavy atom. The van der Waals surface area contributed by atoms with E-state index in [4.69, 9.17) is 16.3 Å². The number of thiophene rings is 1. The summed E-state index contributed by atoms with van der Waals surface area (Å²) in [4.78, 5) is 29.5. The molecule has 1 saturated heterocycles. The third kappa shape index (κ3) is 5.33. The van der Waals surface area contributed by atoms with Crippen LogP contribution in [0.3, 0.4) is 0 Å². The summed E-state index contributed by atoms with van der Waals surface area (Å²) in [6, 6.07) is 7.27. The third-order valence-corrected chi connectivity index (χ3v) is 6.50. The Morgan fingerprint density at radius 3 is 2.63 bits per heavy atom. The molecular formula is C22H28ClN3O3S. The van der Waals surface area contributed by atoms with E-state index in [2.05, 4.69) is 27.0 Å². The molecule has 1 aromatic heterocycles. The van der Waals surface area contributed by atoms with Crippen molar-refractivity contribution in [2.75, 3.05) is 40.8 Å². The van der Waals surface area contributed by atoms with Crippen LogP contribution < -0.4 is 10.1 Å². The van der Waals surface area contributed by atoms with Gasteiger partial charge in [-0.15, -0.1) is 0 Å². The molecule has 2 amide bonds. The molecule has 0 saturated carbocycles. The summed E-state index contributed by atoms with van der Waals surface area (Å²) >= 11 is 7.72. The van der Waals surface area contributed by atoms with Gasteiger partial charge in [0.05, 0.1) is 18.7 Å². The second-order valence-electron chi connectivity index (χ2n) is 7.69. The van der Waals surface area contributed by atoms with Crippen LogP contribution >= 0.6 is 22.9 Å². The van der Waals surface area contributed by atoms with Crippen molar-refractivity contribution in [1.29, 1.82) is 0 Å². The van der Waals surface area contributed by atoms with Gasteiger partial charge in [-0.2, -0.15) is 11.3 Å². The number of nitrogens with zero attached hydrogens (tertiary/aromatic N) is 2. The van der Waals surface area contributed by atoms with Gasteiger partial charge in [0.15, 0.2) is 0 Å². The SMILES string of the molecule is COc1ccc(Cl)cc1C(=O)N1CCC(C(=O)NCC(c2ccsc2)N(C)C)CC1. The lowest BCUT2D eigenvalue weighted by atomic mass is 9.95. The highest BCUT2D eigenvalue weighted by Crippen LogP contribution is 2.27. The number of amides is 2. The molecule has 0 aliphatic carbocycles. The number of likely N-dealkylation sites (tertiary alicyclic amines) is 1. The molecule has 1 fully saturated rings. The van der Waals surface area contributed by atoms with Crippen molar-refractivity contribution in [2.24, 2.45) is 5.92 Å². The summed E-state index contributed by atoms with van der Waals surface area (Å²) in [6.07, 6.45) is 1.29. The molecule has 6 nitrogen and oxygen atoms in total. The number of methoxy groups -OCH3 is 1. The van der Waals surface area contributed by atoms with Crippen LogP contribution in [0.15, 0.2) is 35.0 Å². The molecule has 0 radical (unpaired) electrons. The van der Waals surface area contributed by atoms with Crippen LogP contribution in [0.4, 0.5) is 0 Å². The molecule has 1 aliphatic heterocycles. The summed E-state index contributed by atoms with van der Waals surface area (Å²) < 4.78 is 5.30. The van der Waals surface area contributed by atoms with Crippen LogP contribution in [0.5, 0.6) is 5.75 Å². The molecule has 1 aliphatic rings. The van der Waals surface area contributed by atoms with Crippen molar-refractivity contribution >= 4 is 34.8 Å². The summed E-state index contributed by atoms with van der Waals surface area (Å²) in [5.41, 5.74) is 1.67. The second kappa shape index (κ2) is 10.3. The van der Waals surface area contributed by atoms with E-state index in [9.17, 15) is 9.59 Å². The van der Waals surface area contributed by atoms with E-state index in [0.29, 0.717) is 48.8 Å². The third-order valence-electron chi connectivity index (χ3n) is 5.57. The molecular weight excluding hydrogens is 422 g/mol. The molecule has 0 spiro atoms. The summed E-state index contributed by atoms with van der Waals surface area (Å²) in [5, 5.41) is 7.77. The number of piperidine rings is 1. The highest BCUT2D eigenvalue weighted by Gasteiger charge is 2.29. The Labute approximate surface area is 186 Å². The largest absolute Gasteiger partial charge is 0.496 e. The van der Waals surface area contributed by atoms with Crippen LogP contribution in [0.2, 0.25) is 5.02 Å². The first kappa shape index (κ1) is 22.6. The summed E-state index contributed by atoms with van der Waals surface area (Å²) in [7, 11) is 5.57. The van der Waals surface area contributed by atoms with Crippen LogP contribution in [0.25, 0.3) is 0 Å². The number of hydrogen-bond donors (Lipinski definition) is 1. The molecule has 8 heteroatoms. The van der Waals surface area contributed by atoms with Crippen LogP contribution in [-0.2, 0) is 4.79 Å². The molecule has 2 heterocycles. The highest BCUT2D eigenvalue weighted by molar-refractivity contribution is 7.08. The van der Waals surface area contributed by atoms with Gasteiger partial charge in [-0.25, -0.2) is 0 Å². The zero-order valence-corrected chi connectivity index (χ0v) is 19.1. The number of nitrogens with one attached hydrogen (secondary N) is 1. The smallest absolute Gasteiger partial charge is 0.257 e. The van der Waals surface area contributed by atoms with Crippen molar-refractivity contribution in [3.8, 4) is 5.75 Å². The average molecular weight is 450 g/mol. The maximum absolute atomic E-state index is 12.9. The molecule has 2 aromatic rings. The monoisotopic (exact) mass is 449 g/mol. The maximum Gasteiger partial charge on any atom is 0.257 e. The molecule has 1 aromatic carbocycles. The van der Waals surface area contributed by atoms with Crippen molar-refractivity contribution in [1.82, 2.24) is 15.1 Å². The van der Waals surface area contributed by atoms with Crippen LogP contribution in [0.1, 0.15) is 34.8 Å². The van der Waals surface area contributed by atoms with E-state index in [1.54, 1.807) is 34.4 Å². The minimum Gasteiger partial charge on any atom is -0.496 e. The predicted octanol–water partition coefficient (Wildman–Crippen LogP) is 3.68. The Balaban J connectivity index is 1.54. The van der Waals surface area contributed by atoms with Gasteiger partial charge < -0.3 is 19.9 Å². The van der Waals surface area contributed by atoms with Gasteiger partial charge >= 0.3 is 0 Å².